The number of fused-ring (bicyclic) bond motifs is 4. The molecule has 0 bridgehead atoms. The maximum atomic E-state index is 6.58. The van der Waals surface area contributed by atoms with Crippen molar-refractivity contribution >= 4 is 23.1 Å². The van der Waals surface area contributed by atoms with E-state index in [1.807, 2.05) is 12.1 Å². The van der Waals surface area contributed by atoms with Crippen LogP contribution in [-0.4, -0.2) is 11.7 Å². The van der Waals surface area contributed by atoms with Crippen molar-refractivity contribution in [2.75, 3.05) is 0 Å². The molecule has 2 aliphatic rings. The highest BCUT2D eigenvalue weighted by molar-refractivity contribution is 6.98. The lowest BCUT2D eigenvalue weighted by Crippen LogP contribution is -2.57. The Morgan fingerprint density at radius 2 is 0.867 bits per heavy atom. The smallest absolute Gasteiger partial charge is 0.262 e. The molecule has 0 saturated carbocycles. The highest BCUT2D eigenvalue weighted by atomic mass is 16.5. The summed E-state index contributed by atoms with van der Waals surface area (Å²) in [4.78, 5) is 4.66. The molecule has 3 heterocycles. The molecular formula is C41H26BNO2. The number of nitrogens with zero attached hydrogens (tertiary/aromatic N) is 1. The van der Waals surface area contributed by atoms with E-state index in [0.29, 0.717) is 5.88 Å². The number of benzene rings is 6. The van der Waals surface area contributed by atoms with Crippen LogP contribution in [0.2, 0.25) is 0 Å². The van der Waals surface area contributed by atoms with E-state index >= 15 is 0 Å². The van der Waals surface area contributed by atoms with Crippen LogP contribution in [0.4, 0.5) is 0 Å². The Kier molecular flexibility index (Phi) is 5.92. The van der Waals surface area contributed by atoms with E-state index in [-0.39, 0.29) is 6.71 Å². The molecule has 0 amide bonds. The van der Waals surface area contributed by atoms with Crippen molar-refractivity contribution in [3.8, 4) is 67.6 Å². The molecule has 9 rings (SSSR count). The Labute approximate surface area is 262 Å². The molecule has 0 atom stereocenters. The molecule has 0 fully saturated rings. The van der Waals surface area contributed by atoms with Gasteiger partial charge in [-0.1, -0.05) is 133 Å². The first-order valence-corrected chi connectivity index (χ1v) is 15.2. The highest BCUT2D eigenvalue weighted by Gasteiger charge is 2.41. The monoisotopic (exact) mass is 575 g/mol. The first-order chi connectivity index (χ1) is 22.3. The molecule has 6 aromatic carbocycles. The van der Waals surface area contributed by atoms with E-state index in [1.54, 1.807) is 6.20 Å². The van der Waals surface area contributed by atoms with Gasteiger partial charge in [-0.15, -0.1) is 0 Å². The van der Waals surface area contributed by atoms with Crippen LogP contribution in [0.3, 0.4) is 0 Å². The molecule has 0 aliphatic carbocycles. The maximum Gasteiger partial charge on any atom is 0.262 e. The van der Waals surface area contributed by atoms with Crippen molar-refractivity contribution in [3.63, 3.8) is 0 Å². The van der Waals surface area contributed by atoms with Crippen LogP contribution in [0.25, 0.3) is 44.5 Å². The number of aromatic nitrogens is 1. The summed E-state index contributed by atoms with van der Waals surface area (Å²) in [7, 11) is 0. The minimum atomic E-state index is -0.0481. The Bertz CT molecular complexity index is 2080. The topological polar surface area (TPSA) is 31.4 Å². The summed E-state index contributed by atoms with van der Waals surface area (Å²) < 4.78 is 13.1. The van der Waals surface area contributed by atoms with Crippen molar-refractivity contribution in [1.82, 2.24) is 4.98 Å². The van der Waals surface area contributed by atoms with E-state index in [1.165, 1.54) is 27.8 Å². The first-order valence-electron chi connectivity index (χ1n) is 15.2. The quantitative estimate of drug-likeness (QED) is 0.197. The molecule has 0 radical (unpaired) electrons. The number of hydrogen-bond acceptors (Lipinski definition) is 3. The van der Waals surface area contributed by atoms with Crippen molar-refractivity contribution in [2.24, 2.45) is 0 Å². The van der Waals surface area contributed by atoms with Crippen LogP contribution in [0.15, 0.2) is 158 Å². The minimum Gasteiger partial charge on any atom is -0.458 e. The van der Waals surface area contributed by atoms with Gasteiger partial charge < -0.3 is 9.47 Å². The molecule has 0 spiro atoms. The predicted octanol–water partition coefficient (Wildman–Crippen LogP) is 8.48. The normalized spacial score (nSPS) is 12.3. The van der Waals surface area contributed by atoms with Gasteiger partial charge in [0.25, 0.3) is 6.71 Å². The zero-order valence-corrected chi connectivity index (χ0v) is 24.4. The van der Waals surface area contributed by atoms with E-state index in [0.717, 1.165) is 50.3 Å². The fourth-order valence-corrected chi connectivity index (χ4v) is 6.84. The van der Waals surface area contributed by atoms with Gasteiger partial charge in [0, 0.05) is 11.7 Å². The van der Waals surface area contributed by atoms with Crippen LogP contribution >= 0.6 is 0 Å². The van der Waals surface area contributed by atoms with E-state index in [9.17, 15) is 0 Å². The summed E-state index contributed by atoms with van der Waals surface area (Å²) in [6, 6.07) is 53.3. The summed E-state index contributed by atoms with van der Waals surface area (Å²) in [5.74, 6) is 3.07. The number of hydrogen-bond donors (Lipinski definition) is 0. The molecule has 3 nitrogen and oxygen atoms in total. The zero-order valence-electron chi connectivity index (χ0n) is 24.4. The highest BCUT2D eigenvalue weighted by Crippen LogP contribution is 2.39. The van der Waals surface area contributed by atoms with Crippen LogP contribution in [0.1, 0.15) is 0 Å². The van der Waals surface area contributed by atoms with Crippen LogP contribution in [0, 0.1) is 0 Å². The average Bonchev–Trinajstić information content (AvgIpc) is 3.12. The number of pyridine rings is 1. The SMILES string of the molecule is c1ccc(-c2ccccc2-c2ccc3c(c2)Oc2ccnc4c2B3c2ccc(-c3ccccc3-c3ccccc3)cc2O4)cc1. The zero-order chi connectivity index (χ0) is 29.7. The number of ether oxygens (including phenoxy) is 2. The van der Waals surface area contributed by atoms with Gasteiger partial charge >= 0.3 is 0 Å². The van der Waals surface area contributed by atoms with Crippen molar-refractivity contribution < 1.29 is 9.47 Å². The Hall–Kier alpha value is -5.87. The lowest BCUT2D eigenvalue weighted by atomic mass is 9.35. The second-order valence-electron chi connectivity index (χ2n) is 11.5. The minimum absolute atomic E-state index is 0.0481. The molecule has 45 heavy (non-hydrogen) atoms. The van der Waals surface area contributed by atoms with E-state index in [4.69, 9.17) is 9.47 Å². The van der Waals surface area contributed by atoms with Gasteiger partial charge in [0.05, 0.1) is 0 Å². The lowest BCUT2D eigenvalue weighted by Gasteiger charge is -2.32. The third-order valence-electron chi connectivity index (χ3n) is 8.92. The van der Waals surface area contributed by atoms with Gasteiger partial charge in [-0.25, -0.2) is 4.98 Å². The van der Waals surface area contributed by atoms with Crippen LogP contribution in [0.5, 0.6) is 23.1 Å². The summed E-state index contributed by atoms with van der Waals surface area (Å²) in [6.45, 7) is -0.0481. The predicted molar refractivity (Wildman–Crippen MR) is 184 cm³/mol. The molecule has 2 aliphatic heterocycles. The molecule has 7 aromatic rings. The van der Waals surface area contributed by atoms with Gasteiger partial charge in [-0.3, -0.25) is 0 Å². The standard InChI is InChI=1S/C41H26BNO2/c1-3-11-27(12-4-1)31-15-7-9-17-33(31)29-19-21-35-38(25-29)44-37-23-24-43-41-40(37)42(35)36-22-20-30(26-39(36)45-41)34-18-10-8-16-32(34)28-13-5-2-6-14-28/h1-26H. The van der Waals surface area contributed by atoms with Gasteiger partial charge in [0.1, 0.15) is 17.2 Å². The average molecular weight is 575 g/mol. The molecule has 0 saturated heterocycles. The summed E-state index contributed by atoms with van der Waals surface area (Å²) in [6.07, 6.45) is 1.77. The summed E-state index contributed by atoms with van der Waals surface area (Å²) in [5.41, 5.74) is 12.5. The second-order valence-corrected chi connectivity index (χ2v) is 11.5. The van der Waals surface area contributed by atoms with Crippen molar-refractivity contribution in [2.45, 2.75) is 0 Å². The molecule has 210 valence electrons. The maximum absolute atomic E-state index is 6.58. The molecule has 0 unspecified atom stereocenters. The van der Waals surface area contributed by atoms with Gasteiger partial charge in [-0.05, 0) is 73.6 Å². The van der Waals surface area contributed by atoms with E-state index < -0.39 is 0 Å². The van der Waals surface area contributed by atoms with Gasteiger partial charge in [0.15, 0.2) is 0 Å². The Morgan fingerprint density at radius 3 is 1.40 bits per heavy atom. The Morgan fingerprint density at radius 1 is 0.400 bits per heavy atom. The molecular weight excluding hydrogens is 549 g/mol. The van der Waals surface area contributed by atoms with Crippen molar-refractivity contribution in [1.29, 1.82) is 0 Å². The fraction of sp³-hybridized carbons (Fsp3) is 0. The Balaban J connectivity index is 1.16. The summed E-state index contributed by atoms with van der Waals surface area (Å²) >= 11 is 0. The molecule has 4 heteroatoms. The summed E-state index contributed by atoms with van der Waals surface area (Å²) in [5, 5.41) is 0. The fourth-order valence-electron chi connectivity index (χ4n) is 6.84. The third-order valence-corrected chi connectivity index (χ3v) is 8.92. The van der Waals surface area contributed by atoms with Crippen LogP contribution < -0.4 is 25.9 Å². The van der Waals surface area contributed by atoms with Gasteiger partial charge in [0.2, 0.25) is 5.88 Å². The molecule has 0 N–H and O–H groups in total. The second kappa shape index (κ2) is 10.4. The van der Waals surface area contributed by atoms with Crippen molar-refractivity contribution in [3.05, 3.63) is 158 Å². The molecule has 1 aromatic heterocycles. The van der Waals surface area contributed by atoms with Gasteiger partial charge in [-0.2, -0.15) is 0 Å². The van der Waals surface area contributed by atoms with E-state index in [2.05, 4.69) is 145 Å². The lowest BCUT2D eigenvalue weighted by molar-refractivity contribution is 0.451. The first kappa shape index (κ1) is 25.6. The number of rotatable bonds is 4. The van der Waals surface area contributed by atoms with Crippen LogP contribution in [-0.2, 0) is 0 Å². The largest absolute Gasteiger partial charge is 0.458 e. The third kappa shape index (κ3) is 4.26.